The van der Waals surface area contributed by atoms with Crippen molar-refractivity contribution >= 4 is 5.97 Å². The Labute approximate surface area is 90.1 Å². The van der Waals surface area contributed by atoms with Gasteiger partial charge in [0.15, 0.2) is 0 Å². The Kier molecular flexibility index (Phi) is 3.48. The van der Waals surface area contributed by atoms with Crippen molar-refractivity contribution in [3.05, 3.63) is 35.9 Å². The first-order valence-corrected chi connectivity index (χ1v) is 4.95. The molecule has 0 aromatic heterocycles. The summed E-state index contributed by atoms with van der Waals surface area (Å²) in [4.78, 5) is 11.1. The molecule has 1 aromatic rings. The van der Waals surface area contributed by atoms with E-state index in [2.05, 4.69) is 5.32 Å². The van der Waals surface area contributed by atoms with Crippen LogP contribution in [-0.4, -0.2) is 24.2 Å². The molecule has 0 saturated heterocycles. The average molecular weight is 207 g/mol. The molecule has 0 aliphatic carbocycles. The number of nitrogens with one attached hydrogen (secondary N) is 1. The number of rotatable bonds is 4. The van der Waals surface area contributed by atoms with Crippen molar-refractivity contribution in [2.24, 2.45) is 0 Å². The predicted molar refractivity (Wildman–Crippen MR) is 60.0 cm³/mol. The lowest BCUT2D eigenvalue weighted by molar-refractivity contribution is -0.141. The molecule has 82 valence electrons. The molecule has 0 aliphatic rings. The zero-order chi connectivity index (χ0) is 11.5. The van der Waals surface area contributed by atoms with Gasteiger partial charge in [0, 0.05) is 5.41 Å². The minimum Gasteiger partial charge on any atom is -0.480 e. The van der Waals surface area contributed by atoms with Crippen LogP contribution in [0.3, 0.4) is 0 Å². The second-order valence-corrected chi connectivity index (χ2v) is 4.15. The molecule has 0 fully saturated rings. The molecule has 15 heavy (non-hydrogen) atoms. The van der Waals surface area contributed by atoms with E-state index in [1.165, 1.54) is 0 Å². The highest BCUT2D eigenvalue weighted by Gasteiger charge is 2.35. The summed E-state index contributed by atoms with van der Waals surface area (Å²) >= 11 is 0. The standard InChI is InChI=1S/C12H17NO2/c1-12(2,10(13-3)11(14)15)9-7-5-4-6-8-9/h4-8,10,13H,1-3H3,(H,14,15)/t10-/m1/s1. The van der Waals surface area contributed by atoms with E-state index in [4.69, 9.17) is 5.11 Å². The van der Waals surface area contributed by atoms with E-state index in [1.54, 1.807) is 7.05 Å². The first-order valence-electron chi connectivity index (χ1n) is 4.95. The fourth-order valence-corrected chi connectivity index (χ4v) is 1.83. The predicted octanol–water partition coefficient (Wildman–Crippen LogP) is 1.64. The largest absolute Gasteiger partial charge is 0.480 e. The number of hydrogen-bond donors (Lipinski definition) is 2. The number of aliphatic carboxylic acids is 1. The second kappa shape index (κ2) is 4.45. The number of benzene rings is 1. The van der Waals surface area contributed by atoms with Crippen molar-refractivity contribution < 1.29 is 9.90 Å². The second-order valence-electron chi connectivity index (χ2n) is 4.15. The van der Waals surface area contributed by atoms with Crippen molar-refractivity contribution in [2.45, 2.75) is 25.3 Å². The van der Waals surface area contributed by atoms with Crippen LogP contribution in [0.1, 0.15) is 19.4 Å². The van der Waals surface area contributed by atoms with E-state index >= 15 is 0 Å². The van der Waals surface area contributed by atoms with Gasteiger partial charge < -0.3 is 10.4 Å². The molecule has 0 radical (unpaired) electrons. The Balaban J connectivity index is 3.05. The van der Waals surface area contributed by atoms with Crippen LogP contribution in [-0.2, 0) is 10.2 Å². The van der Waals surface area contributed by atoms with Crippen LogP contribution in [0, 0.1) is 0 Å². The van der Waals surface area contributed by atoms with Gasteiger partial charge >= 0.3 is 5.97 Å². The molecule has 2 N–H and O–H groups in total. The van der Waals surface area contributed by atoms with E-state index in [0.717, 1.165) is 5.56 Å². The number of carbonyl (C=O) groups is 1. The minimum atomic E-state index is -0.827. The summed E-state index contributed by atoms with van der Waals surface area (Å²) in [6.07, 6.45) is 0. The van der Waals surface area contributed by atoms with Crippen molar-refractivity contribution in [2.75, 3.05) is 7.05 Å². The van der Waals surface area contributed by atoms with E-state index in [0.29, 0.717) is 0 Å². The average Bonchev–Trinajstić information content (AvgIpc) is 2.19. The van der Waals surface area contributed by atoms with Gasteiger partial charge in [-0.15, -0.1) is 0 Å². The minimum absolute atomic E-state index is 0.429. The molecule has 1 aromatic carbocycles. The Bertz CT molecular complexity index is 333. The topological polar surface area (TPSA) is 49.3 Å². The highest BCUT2D eigenvalue weighted by atomic mass is 16.4. The third-order valence-corrected chi connectivity index (χ3v) is 2.78. The van der Waals surface area contributed by atoms with E-state index in [-0.39, 0.29) is 0 Å². The van der Waals surface area contributed by atoms with Crippen molar-refractivity contribution in [3.63, 3.8) is 0 Å². The molecule has 0 spiro atoms. The fraction of sp³-hybridized carbons (Fsp3) is 0.417. The summed E-state index contributed by atoms with van der Waals surface area (Å²) in [5.74, 6) is -0.827. The van der Waals surface area contributed by atoms with Crippen molar-refractivity contribution in [1.82, 2.24) is 5.32 Å². The quantitative estimate of drug-likeness (QED) is 0.789. The maximum absolute atomic E-state index is 11.1. The van der Waals surface area contributed by atoms with Crippen LogP contribution >= 0.6 is 0 Å². The summed E-state index contributed by atoms with van der Waals surface area (Å²) in [5.41, 5.74) is 0.591. The summed E-state index contributed by atoms with van der Waals surface area (Å²) in [5, 5.41) is 11.9. The number of hydrogen-bond acceptors (Lipinski definition) is 2. The number of carboxylic acid groups (broad SMARTS) is 1. The van der Waals surface area contributed by atoms with Gasteiger partial charge in [0.05, 0.1) is 0 Å². The summed E-state index contributed by atoms with van der Waals surface area (Å²) in [6, 6.07) is 9.09. The molecular weight excluding hydrogens is 190 g/mol. The van der Waals surface area contributed by atoms with E-state index in [1.807, 2.05) is 44.2 Å². The molecule has 0 amide bonds. The van der Waals surface area contributed by atoms with Gasteiger partial charge in [0.1, 0.15) is 6.04 Å². The maximum atomic E-state index is 11.1. The lowest BCUT2D eigenvalue weighted by Gasteiger charge is -2.31. The number of likely N-dealkylation sites (N-methyl/N-ethyl adjacent to an activating group) is 1. The summed E-state index contributed by atoms with van der Waals surface area (Å²) in [6.45, 7) is 3.86. The van der Waals surface area contributed by atoms with Gasteiger partial charge in [-0.25, -0.2) is 0 Å². The SMILES string of the molecule is CN[C@H](C(=O)O)C(C)(C)c1ccccc1. The van der Waals surface area contributed by atoms with E-state index in [9.17, 15) is 4.79 Å². The molecule has 0 saturated carbocycles. The molecule has 0 heterocycles. The first-order chi connectivity index (χ1) is 7.00. The smallest absolute Gasteiger partial charge is 0.321 e. The fourth-order valence-electron chi connectivity index (χ4n) is 1.83. The molecule has 3 heteroatoms. The monoisotopic (exact) mass is 207 g/mol. The molecule has 1 rings (SSSR count). The molecule has 0 aliphatic heterocycles. The zero-order valence-electron chi connectivity index (χ0n) is 9.32. The van der Waals surface area contributed by atoms with Gasteiger partial charge in [-0.3, -0.25) is 4.79 Å². The van der Waals surface area contributed by atoms with Crippen molar-refractivity contribution in [1.29, 1.82) is 0 Å². The third kappa shape index (κ3) is 2.36. The van der Waals surface area contributed by atoms with E-state index < -0.39 is 17.4 Å². The highest BCUT2D eigenvalue weighted by Crippen LogP contribution is 2.26. The maximum Gasteiger partial charge on any atom is 0.321 e. The van der Waals surface area contributed by atoms with Crippen LogP contribution in [0.2, 0.25) is 0 Å². The van der Waals surface area contributed by atoms with Gasteiger partial charge in [-0.05, 0) is 12.6 Å². The Hall–Kier alpha value is -1.35. The summed E-state index contributed by atoms with van der Waals surface area (Å²) in [7, 11) is 1.67. The van der Waals surface area contributed by atoms with Gasteiger partial charge in [-0.1, -0.05) is 44.2 Å². The summed E-state index contributed by atoms with van der Waals surface area (Å²) < 4.78 is 0. The van der Waals surface area contributed by atoms with Crippen LogP contribution in [0.5, 0.6) is 0 Å². The van der Waals surface area contributed by atoms with Crippen LogP contribution in [0.4, 0.5) is 0 Å². The Morgan fingerprint density at radius 2 is 1.87 bits per heavy atom. The van der Waals surface area contributed by atoms with Crippen LogP contribution < -0.4 is 5.32 Å². The van der Waals surface area contributed by atoms with Crippen molar-refractivity contribution in [3.8, 4) is 0 Å². The molecule has 0 bridgehead atoms. The zero-order valence-corrected chi connectivity index (χ0v) is 9.32. The van der Waals surface area contributed by atoms with Crippen LogP contribution in [0.15, 0.2) is 30.3 Å². The third-order valence-electron chi connectivity index (χ3n) is 2.78. The van der Waals surface area contributed by atoms with Gasteiger partial charge in [-0.2, -0.15) is 0 Å². The Morgan fingerprint density at radius 1 is 1.33 bits per heavy atom. The molecule has 1 atom stereocenters. The lowest BCUT2D eigenvalue weighted by Crippen LogP contribution is -2.48. The van der Waals surface area contributed by atoms with Gasteiger partial charge in [0.2, 0.25) is 0 Å². The highest BCUT2D eigenvalue weighted by molar-refractivity contribution is 5.76. The first kappa shape index (κ1) is 11.7. The van der Waals surface area contributed by atoms with Crippen LogP contribution in [0.25, 0.3) is 0 Å². The molecule has 0 unspecified atom stereocenters. The Morgan fingerprint density at radius 3 is 2.27 bits per heavy atom. The number of carboxylic acids is 1. The van der Waals surface area contributed by atoms with Gasteiger partial charge in [0.25, 0.3) is 0 Å². The normalized spacial score (nSPS) is 13.5. The molecular formula is C12H17NO2. The molecule has 3 nitrogen and oxygen atoms in total. The lowest BCUT2D eigenvalue weighted by atomic mass is 9.78.